The molecular formula is C18H17Cl2N3OS2. The SMILES string of the molecule is Clc1ccc(CSc2nnc(-c3cccs3)n2CC2CCCO2)cc1Cl. The molecule has 1 saturated heterocycles. The summed E-state index contributed by atoms with van der Waals surface area (Å²) in [6.07, 6.45) is 2.43. The van der Waals surface area contributed by atoms with Crippen molar-refractivity contribution in [3.05, 3.63) is 51.3 Å². The Kier molecular flexibility index (Phi) is 5.86. The van der Waals surface area contributed by atoms with E-state index in [0.717, 1.165) is 53.2 Å². The predicted octanol–water partition coefficient (Wildman–Crippen LogP) is 5.78. The van der Waals surface area contributed by atoms with Crippen molar-refractivity contribution < 1.29 is 4.74 Å². The lowest BCUT2D eigenvalue weighted by Gasteiger charge is -2.14. The number of hydrogen-bond donors (Lipinski definition) is 0. The molecule has 3 heterocycles. The second-order valence-electron chi connectivity index (χ2n) is 6.07. The van der Waals surface area contributed by atoms with Crippen molar-refractivity contribution >= 4 is 46.3 Å². The Balaban J connectivity index is 1.57. The molecule has 2 aromatic heterocycles. The zero-order valence-corrected chi connectivity index (χ0v) is 17.0. The summed E-state index contributed by atoms with van der Waals surface area (Å²) in [7, 11) is 0. The van der Waals surface area contributed by atoms with Gasteiger partial charge in [0.05, 0.1) is 27.6 Å². The minimum atomic E-state index is 0.231. The summed E-state index contributed by atoms with van der Waals surface area (Å²) < 4.78 is 8.02. The largest absolute Gasteiger partial charge is 0.376 e. The van der Waals surface area contributed by atoms with E-state index in [1.54, 1.807) is 23.1 Å². The Morgan fingerprint density at radius 1 is 1.23 bits per heavy atom. The van der Waals surface area contributed by atoms with Gasteiger partial charge < -0.3 is 4.74 Å². The Morgan fingerprint density at radius 3 is 2.88 bits per heavy atom. The van der Waals surface area contributed by atoms with Gasteiger partial charge in [0.2, 0.25) is 0 Å². The van der Waals surface area contributed by atoms with E-state index in [1.165, 1.54) is 0 Å². The molecule has 3 aromatic rings. The lowest BCUT2D eigenvalue weighted by atomic mass is 10.2. The third-order valence-electron chi connectivity index (χ3n) is 4.22. The number of nitrogens with zero attached hydrogens (tertiary/aromatic N) is 3. The van der Waals surface area contributed by atoms with E-state index in [0.29, 0.717) is 10.0 Å². The smallest absolute Gasteiger partial charge is 0.191 e. The molecule has 8 heteroatoms. The fraction of sp³-hybridized carbons (Fsp3) is 0.333. The summed E-state index contributed by atoms with van der Waals surface area (Å²) in [6.45, 7) is 1.62. The predicted molar refractivity (Wildman–Crippen MR) is 108 cm³/mol. The Hall–Kier alpha value is -1.05. The van der Waals surface area contributed by atoms with Gasteiger partial charge in [-0.05, 0) is 42.0 Å². The van der Waals surface area contributed by atoms with Crippen LogP contribution in [0.1, 0.15) is 18.4 Å². The molecule has 4 nitrogen and oxygen atoms in total. The standard InChI is InChI=1S/C18H17Cl2N3OS2/c19-14-6-5-12(9-15(14)20)11-26-18-22-21-17(16-4-2-8-25-16)23(18)10-13-3-1-7-24-13/h2,4-6,8-9,13H,1,3,7,10-11H2. The topological polar surface area (TPSA) is 39.9 Å². The zero-order valence-electron chi connectivity index (χ0n) is 13.9. The number of hydrogen-bond acceptors (Lipinski definition) is 5. The van der Waals surface area contributed by atoms with Crippen LogP contribution in [0.2, 0.25) is 10.0 Å². The van der Waals surface area contributed by atoms with E-state index in [1.807, 2.05) is 24.3 Å². The molecule has 1 aromatic carbocycles. The summed E-state index contributed by atoms with van der Waals surface area (Å²) in [5, 5.41) is 13.0. The van der Waals surface area contributed by atoms with Crippen molar-refractivity contribution in [2.75, 3.05) is 6.61 Å². The first-order chi connectivity index (χ1) is 12.7. The summed E-state index contributed by atoms with van der Waals surface area (Å²) in [5.74, 6) is 1.66. The fourth-order valence-corrected chi connectivity index (χ4v) is 4.85. The van der Waals surface area contributed by atoms with Gasteiger partial charge in [-0.3, -0.25) is 4.57 Å². The number of benzene rings is 1. The molecule has 0 aliphatic carbocycles. The van der Waals surface area contributed by atoms with Gasteiger partial charge >= 0.3 is 0 Å². The quantitative estimate of drug-likeness (QED) is 0.468. The molecule has 0 bridgehead atoms. The van der Waals surface area contributed by atoms with Gasteiger partial charge in [-0.2, -0.15) is 0 Å². The third-order valence-corrected chi connectivity index (χ3v) is 6.86. The van der Waals surface area contributed by atoms with Crippen LogP contribution in [-0.2, 0) is 17.0 Å². The van der Waals surface area contributed by atoms with Gasteiger partial charge in [-0.1, -0.05) is 47.1 Å². The number of ether oxygens (including phenoxy) is 1. The minimum Gasteiger partial charge on any atom is -0.376 e. The molecular weight excluding hydrogens is 409 g/mol. The summed E-state index contributed by atoms with van der Waals surface area (Å²) in [4.78, 5) is 1.12. The molecule has 0 saturated carbocycles. The van der Waals surface area contributed by atoms with Crippen molar-refractivity contribution in [3.63, 3.8) is 0 Å². The molecule has 1 atom stereocenters. The van der Waals surface area contributed by atoms with Crippen LogP contribution in [0.3, 0.4) is 0 Å². The maximum atomic E-state index is 6.12. The molecule has 26 heavy (non-hydrogen) atoms. The number of halogens is 2. The Bertz CT molecular complexity index is 877. The average Bonchev–Trinajstić information content (AvgIpc) is 3.38. The first-order valence-corrected chi connectivity index (χ1v) is 11.0. The highest BCUT2D eigenvalue weighted by Gasteiger charge is 2.22. The van der Waals surface area contributed by atoms with Gasteiger partial charge in [0.15, 0.2) is 11.0 Å². The zero-order chi connectivity index (χ0) is 17.9. The number of rotatable bonds is 6. The summed E-state index contributed by atoms with van der Waals surface area (Å²) >= 11 is 15.4. The monoisotopic (exact) mass is 425 g/mol. The van der Waals surface area contributed by atoms with Crippen molar-refractivity contribution in [1.82, 2.24) is 14.8 Å². The molecule has 0 radical (unpaired) electrons. The van der Waals surface area contributed by atoms with Gasteiger partial charge in [0, 0.05) is 12.4 Å². The van der Waals surface area contributed by atoms with Crippen molar-refractivity contribution in [1.29, 1.82) is 0 Å². The van der Waals surface area contributed by atoms with Crippen LogP contribution in [0.5, 0.6) is 0 Å². The van der Waals surface area contributed by atoms with Crippen LogP contribution >= 0.6 is 46.3 Å². The second-order valence-corrected chi connectivity index (χ2v) is 8.77. The van der Waals surface area contributed by atoms with Crippen LogP contribution in [-0.4, -0.2) is 27.5 Å². The lowest BCUT2D eigenvalue weighted by molar-refractivity contribution is 0.0953. The molecule has 1 unspecified atom stereocenters. The highest BCUT2D eigenvalue weighted by Crippen LogP contribution is 2.31. The summed E-state index contributed by atoms with van der Waals surface area (Å²) in [5.41, 5.74) is 1.11. The van der Waals surface area contributed by atoms with Crippen LogP contribution < -0.4 is 0 Å². The fourth-order valence-electron chi connectivity index (χ4n) is 2.92. The lowest BCUT2D eigenvalue weighted by Crippen LogP contribution is -2.16. The Labute approximate surface area is 170 Å². The molecule has 0 spiro atoms. The van der Waals surface area contributed by atoms with Crippen molar-refractivity contribution in [2.24, 2.45) is 0 Å². The molecule has 0 N–H and O–H groups in total. The minimum absolute atomic E-state index is 0.231. The maximum absolute atomic E-state index is 6.12. The first-order valence-electron chi connectivity index (χ1n) is 8.36. The molecule has 4 rings (SSSR count). The third kappa shape index (κ3) is 4.10. The highest BCUT2D eigenvalue weighted by atomic mass is 35.5. The molecule has 1 fully saturated rings. The molecule has 1 aliphatic heterocycles. The van der Waals surface area contributed by atoms with Crippen molar-refractivity contribution in [3.8, 4) is 10.7 Å². The Morgan fingerprint density at radius 2 is 2.15 bits per heavy atom. The maximum Gasteiger partial charge on any atom is 0.191 e. The van der Waals surface area contributed by atoms with Crippen LogP contribution in [0.25, 0.3) is 10.7 Å². The summed E-state index contributed by atoms with van der Waals surface area (Å²) in [6, 6.07) is 9.83. The highest BCUT2D eigenvalue weighted by molar-refractivity contribution is 7.98. The average molecular weight is 426 g/mol. The second kappa shape index (κ2) is 8.31. The van der Waals surface area contributed by atoms with Crippen LogP contribution in [0.4, 0.5) is 0 Å². The number of thiophene rings is 1. The van der Waals surface area contributed by atoms with E-state index in [-0.39, 0.29) is 6.10 Å². The van der Waals surface area contributed by atoms with Gasteiger partial charge in [0.1, 0.15) is 0 Å². The van der Waals surface area contributed by atoms with Gasteiger partial charge in [-0.25, -0.2) is 0 Å². The number of aromatic nitrogens is 3. The van der Waals surface area contributed by atoms with Gasteiger partial charge in [0.25, 0.3) is 0 Å². The van der Waals surface area contributed by atoms with Crippen LogP contribution in [0, 0.1) is 0 Å². The normalized spacial score (nSPS) is 17.1. The van der Waals surface area contributed by atoms with E-state index in [2.05, 4.69) is 26.2 Å². The molecule has 0 amide bonds. The molecule has 136 valence electrons. The van der Waals surface area contributed by atoms with E-state index >= 15 is 0 Å². The van der Waals surface area contributed by atoms with Crippen molar-refractivity contribution in [2.45, 2.75) is 36.4 Å². The van der Waals surface area contributed by atoms with Gasteiger partial charge in [-0.15, -0.1) is 21.5 Å². The van der Waals surface area contributed by atoms with E-state index in [4.69, 9.17) is 27.9 Å². The number of thioether (sulfide) groups is 1. The van der Waals surface area contributed by atoms with E-state index in [9.17, 15) is 0 Å². The van der Waals surface area contributed by atoms with E-state index < -0.39 is 0 Å². The first kappa shape index (κ1) is 18.3. The molecule has 1 aliphatic rings. The van der Waals surface area contributed by atoms with Crippen LogP contribution in [0.15, 0.2) is 40.9 Å².